The predicted octanol–water partition coefficient (Wildman–Crippen LogP) is 1.55. The first kappa shape index (κ1) is 10.2. The molecule has 0 saturated heterocycles. The lowest BCUT2D eigenvalue weighted by molar-refractivity contribution is -0.149. The molecule has 0 aromatic carbocycles. The van der Waals surface area contributed by atoms with Crippen molar-refractivity contribution in [1.82, 2.24) is 0 Å². The van der Waals surface area contributed by atoms with Crippen LogP contribution in [0.1, 0.15) is 33.1 Å². The fourth-order valence-electron chi connectivity index (χ4n) is 1.88. The van der Waals surface area contributed by atoms with Gasteiger partial charge in [0.05, 0.1) is 12.5 Å². The Balaban J connectivity index is 2.57. The molecule has 1 saturated carbocycles. The van der Waals surface area contributed by atoms with Gasteiger partial charge in [0.15, 0.2) is 0 Å². The highest BCUT2D eigenvalue weighted by molar-refractivity contribution is 5.88. The van der Waals surface area contributed by atoms with Gasteiger partial charge in [-0.05, 0) is 12.8 Å². The Morgan fingerprint density at radius 1 is 1.46 bits per heavy atom. The van der Waals surface area contributed by atoms with Gasteiger partial charge in [-0.15, -0.1) is 0 Å². The third kappa shape index (κ3) is 2.29. The van der Waals surface area contributed by atoms with E-state index < -0.39 is 0 Å². The van der Waals surface area contributed by atoms with Gasteiger partial charge in [-0.3, -0.25) is 9.59 Å². The highest BCUT2D eigenvalue weighted by Gasteiger charge is 2.37. The van der Waals surface area contributed by atoms with Crippen molar-refractivity contribution in [3.8, 4) is 0 Å². The predicted molar refractivity (Wildman–Crippen MR) is 48.1 cm³/mol. The van der Waals surface area contributed by atoms with Gasteiger partial charge in [-0.25, -0.2) is 0 Å². The van der Waals surface area contributed by atoms with Crippen LogP contribution in [0, 0.1) is 11.8 Å². The normalized spacial score (nSPS) is 27.7. The molecule has 1 unspecified atom stereocenters. The third-order valence-corrected chi connectivity index (χ3v) is 2.62. The zero-order valence-corrected chi connectivity index (χ0v) is 8.21. The Morgan fingerprint density at radius 2 is 2.15 bits per heavy atom. The van der Waals surface area contributed by atoms with Crippen molar-refractivity contribution in [1.29, 1.82) is 0 Å². The Bertz CT molecular complexity index is 210. The molecule has 3 nitrogen and oxygen atoms in total. The van der Waals surface area contributed by atoms with Crippen LogP contribution in [0.25, 0.3) is 0 Å². The minimum Gasteiger partial charge on any atom is -0.466 e. The molecule has 0 spiro atoms. The van der Waals surface area contributed by atoms with Gasteiger partial charge in [0, 0.05) is 12.8 Å². The average molecular weight is 184 g/mol. The monoisotopic (exact) mass is 184 g/mol. The second kappa shape index (κ2) is 4.40. The second-order valence-corrected chi connectivity index (χ2v) is 3.47. The van der Waals surface area contributed by atoms with Crippen molar-refractivity contribution in [3.63, 3.8) is 0 Å². The number of carbonyl (C=O) groups is 2. The van der Waals surface area contributed by atoms with E-state index in [1.807, 2.05) is 6.92 Å². The number of ketones is 1. The lowest BCUT2D eigenvalue weighted by Gasteiger charge is -2.14. The molecular formula is C10H16O3. The summed E-state index contributed by atoms with van der Waals surface area (Å²) in [5.41, 5.74) is 0. The van der Waals surface area contributed by atoms with E-state index in [4.69, 9.17) is 4.74 Å². The summed E-state index contributed by atoms with van der Waals surface area (Å²) >= 11 is 0. The Labute approximate surface area is 78.5 Å². The minimum absolute atomic E-state index is 0.169. The molecule has 1 fully saturated rings. The first-order valence-electron chi connectivity index (χ1n) is 4.87. The summed E-state index contributed by atoms with van der Waals surface area (Å²) in [7, 11) is 0. The molecule has 0 heterocycles. The smallest absolute Gasteiger partial charge is 0.309 e. The molecule has 0 amide bonds. The zero-order valence-electron chi connectivity index (χ0n) is 8.21. The van der Waals surface area contributed by atoms with Crippen LogP contribution in [0.3, 0.4) is 0 Å². The maximum atomic E-state index is 11.4. The molecule has 1 aliphatic carbocycles. The van der Waals surface area contributed by atoms with Crippen molar-refractivity contribution >= 4 is 11.8 Å². The molecule has 0 aliphatic heterocycles. The summed E-state index contributed by atoms with van der Waals surface area (Å²) in [6, 6.07) is 0. The van der Waals surface area contributed by atoms with E-state index >= 15 is 0 Å². The van der Waals surface area contributed by atoms with E-state index in [2.05, 4.69) is 0 Å². The molecule has 74 valence electrons. The molecule has 0 aromatic rings. The molecule has 0 radical (unpaired) electrons. The number of hydrogen-bond acceptors (Lipinski definition) is 3. The first-order valence-corrected chi connectivity index (χ1v) is 4.87. The molecule has 0 N–H and O–H groups in total. The van der Waals surface area contributed by atoms with Crippen LogP contribution in [-0.4, -0.2) is 18.4 Å². The Hall–Kier alpha value is -0.860. The summed E-state index contributed by atoms with van der Waals surface area (Å²) in [5, 5.41) is 0. The number of rotatable bonds is 3. The molecule has 13 heavy (non-hydrogen) atoms. The maximum absolute atomic E-state index is 11.4. The van der Waals surface area contributed by atoms with Gasteiger partial charge in [0.25, 0.3) is 0 Å². The Kier molecular flexibility index (Phi) is 3.46. The average Bonchev–Trinajstić information content (AvgIpc) is 2.47. The van der Waals surface area contributed by atoms with Gasteiger partial charge < -0.3 is 4.74 Å². The Morgan fingerprint density at radius 3 is 2.69 bits per heavy atom. The number of ether oxygens (including phenoxy) is 1. The van der Waals surface area contributed by atoms with E-state index in [0.717, 1.165) is 6.42 Å². The standard InChI is InChI=1S/C10H16O3/c1-3-7-5-8(11)6-9(7)10(12)13-4-2/h7,9H,3-6H2,1-2H3/t7?,9-/m1/s1. The molecule has 3 heteroatoms. The molecule has 0 aromatic heterocycles. The van der Waals surface area contributed by atoms with Gasteiger partial charge in [-0.2, -0.15) is 0 Å². The van der Waals surface area contributed by atoms with Crippen LogP contribution in [0.4, 0.5) is 0 Å². The van der Waals surface area contributed by atoms with Crippen LogP contribution in [0.15, 0.2) is 0 Å². The molecule has 1 aliphatic rings. The van der Waals surface area contributed by atoms with Crippen LogP contribution in [0.5, 0.6) is 0 Å². The van der Waals surface area contributed by atoms with E-state index in [1.165, 1.54) is 0 Å². The summed E-state index contributed by atoms with van der Waals surface area (Å²) < 4.78 is 4.92. The first-order chi connectivity index (χ1) is 6.19. The van der Waals surface area contributed by atoms with Crippen molar-refractivity contribution in [2.75, 3.05) is 6.61 Å². The van der Waals surface area contributed by atoms with E-state index in [-0.39, 0.29) is 23.6 Å². The molecular weight excluding hydrogens is 168 g/mol. The lowest BCUT2D eigenvalue weighted by Crippen LogP contribution is -2.21. The van der Waals surface area contributed by atoms with Crippen LogP contribution in [0.2, 0.25) is 0 Å². The maximum Gasteiger partial charge on any atom is 0.309 e. The molecule has 0 bridgehead atoms. The number of esters is 1. The number of carbonyl (C=O) groups excluding carboxylic acids is 2. The van der Waals surface area contributed by atoms with Crippen LogP contribution in [-0.2, 0) is 14.3 Å². The lowest BCUT2D eigenvalue weighted by atomic mass is 9.94. The number of Topliss-reactive ketones (excluding diaryl/α,β-unsaturated/α-hetero) is 1. The van der Waals surface area contributed by atoms with Crippen molar-refractivity contribution in [2.24, 2.45) is 11.8 Å². The summed E-state index contributed by atoms with van der Waals surface area (Å²) in [5.74, 6) is 0.0501. The van der Waals surface area contributed by atoms with Gasteiger partial charge in [0.1, 0.15) is 5.78 Å². The van der Waals surface area contributed by atoms with Gasteiger partial charge >= 0.3 is 5.97 Å². The summed E-state index contributed by atoms with van der Waals surface area (Å²) in [4.78, 5) is 22.5. The number of hydrogen-bond donors (Lipinski definition) is 0. The van der Waals surface area contributed by atoms with Crippen LogP contribution < -0.4 is 0 Å². The van der Waals surface area contributed by atoms with Gasteiger partial charge in [-0.1, -0.05) is 13.3 Å². The van der Waals surface area contributed by atoms with Crippen molar-refractivity contribution < 1.29 is 14.3 Å². The quantitative estimate of drug-likeness (QED) is 0.625. The largest absolute Gasteiger partial charge is 0.466 e. The highest BCUT2D eigenvalue weighted by Crippen LogP contribution is 2.32. The minimum atomic E-state index is -0.194. The fraction of sp³-hybridized carbons (Fsp3) is 0.800. The van der Waals surface area contributed by atoms with E-state index in [1.54, 1.807) is 6.92 Å². The van der Waals surface area contributed by atoms with Gasteiger partial charge in [0.2, 0.25) is 0 Å². The summed E-state index contributed by atoms with van der Waals surface area (Å²) in [6.07, 6.45) is 1.83. The second-order valence-electron chi connectivity index (χ2n) is 3.47. The van der Waals surface area contributed by atoms with E-state index in [0.29, 0.717) is 19.4 Å². The third-order valence-electron chi connectivity index (χ3n) is 2.62. The van der Waals surface area contributed by atoms with E-state index in [9.17, 15) is 9.59 Å². The summed E-state index contributed by atoms with van der Waals surface area (Å²) in [6.45, 7) is 4.20. The molecule has 1 rings (SSSR count). The van der Waals surface area contributed by atoms with Crippen LogP contribution >= 0.6 is 0 Å². The molecule has 2 atom stereocenters. The topological polar surface area (TPSA) is 43.4 Å². The van der Waals surface area contributed by atoms with Crippen molar-refractivity contribution in [2.45, 2.75) is 33.1 Å². The SMILES string of the molecule is CCOC(=O)[C@@H]1CC(=O)CC1CC. The fourth-order valence-corrected chi connectivity index (χ4v) is 1.88. The highest BCUT2D eigenvalue weighted by atomic mass is 16.5. The van der Waals surface area contributed by atoms with Crippen molar-refractivity contribution in [3.05, 3.63) is 0 Å². The zero-order chi connectivity index (χ0) is 9.84.